The third-order valence-electron chi connectivity index (χ3n) is 4.50. The molecule has 0 bridgehead atoms. The summed E-state index contributed by atoms with van der Waals surface area (Å²) in [5.74, 6) is -1.24. The molecule has 1 aromatic carbocycles. The maximum Gasteiger partial charge on any atom is 0.453 e. The highest BCUT2D eigenvalue weighted by Gasteiger charge is 2.37. The van der Waals surface area contributed by atoms with Crippen molar-refractivity contribution in [2.75, 3.05) is 18.0 Å². The third kappa shape index (κ3) is 3.51. The van der Waals surface area contributed by atoms with E-state index in [2.05, 4.69) is 15.1 Å². The Morgan fingerprint density at radius 2 is 1.82 bits per heavy atom. The van der Waals surface area contributed by atoms with Crippen LogP contribution in [-0.4, -0.2) is 38.8 Å². The average Bonchev–Trinajstić information content (AvgIpc) is 3.05. The van der Waals surface area contributed by atoms with Crippen LogP contribution in [0.2, 0.25) is 0 Å². The van der Waals surface area contributed by atoms with Crippen molar-refractivity contribution in [1.29, 1.82) is 0 Å². The van der Waals surface area contributed by atoms with Crippen molar-refractivity contribution in [2.45, 2.75) is 32.2 Å². The molecule has 0 radical (unpaired) electrons. The van der Waals surface area contributed by atoms with Crippen LogP contribution in [0, 0.1) is 12.7 Å². The molecule has 1 aliphatic rings. The molecule has 0 amide bonds. The van der Waals surface area contributed by atoms with E-state index in [1.165, 1.54) is 12.1 Å². The van der Waals surface area contributed by atoms with Crippen LogP contribution in [0.5, 0.6) is 0 Å². The first-order chi connectivity index (χ1) is 13.2. The summed E-state index contributed by atoms with van der Waals surface area (Å²) in [7, 11) is 0. The highest BCUT2D eigenvalue weighted by molar-refractivity contribution is 5.48. The lowest BCUT2D eigenvalue weighted by Gasteiger charge is -2.38. The standard InChI is InChI=1S/C18H17F4N5O/c1-10-7-15(27-17(23-10)24-16(25-27)18(20,21)22)26-8-11(2)28-14(9-26)12-3-5-13(19)6-4-12/h3-7,11,14H,8-9H2,1-2H3. The summed E-state index contributed by atoms with van der Waals surface area (Å²) < 4.78 is 59.4. The van der Waals surface area contributed by atoms with Gasteiger partial charge in [-0.05, 0) is 31.5 Å². The van der Waals surface area contributed by atoms with Gasteiger partial charge in [0.15, 0.2) is 0 Å². The van der Waals surface area contributed by atoms with Crippen molar-refractivity contribution in [3.05, 3.63) is 53.2 Å². The number of halogens is 4. The molecule has 6 nitrogen and oxygen atoms in total. The SMILES string of the molecule is Cc1cc(N2CC(C)OC(c3ccc(F)cc3)C2)n2nc(C(F)(F)F)nc2n1. The van der Waals surface area contributed by atoms with Crippen LogP contribution in [0.15, 0.2) is 30.3 Å². The number of rotatable bonds is 2. The predicted octanol–water partition coefficient (Wildman–Crippen LogP) is 3.56. The first-order valence-electron chi connectivity index (χ1n) is 8.68. The summed E-state index contributed by atoms with van der Waals surface area (Å²) in [6.45, 7) is 4.39. The Balaban J connectivity index is 1.73. The maximum atomic E-state index is 13.2. The Morgan fingerprint density at radius 1 is 1.11 bits per heavy atom. The van der Waals surface area contributed by atoms with E-state index in [1.807, 2.05) is 11.8 Å². The van der Waals surface area contributed by atoms with Crippen molar-refractivity contribution in [3.63, 3.8) is 0 Å². The minimum atomic E-state index is -4.66. The summed E-state index contributed by atoms with van der Waals surface area (Å²) in [5, 5.41) is 3.62. The maximum absolute atomic E-state index is 13.2. The van der Waals surface area contributed by atoms with Gasteiger partial charge < -0.3 is 9.64 Å². The third-order valence-corrected chi connectivity index (χ3v) is 4.50. The fourth-order valence-corrected chi connectivity index (χ4v) is 3.31. The average molecular weight is 395 g/mol. The normalized spacial score (nSPS) is 20.7. The van der Waals surface area contributed by atoms with Gasteiger partial charge >= 0.3 is 6.18 Å². The van der Waals surface area contributed by atoms with Gasteiger partial charge in [-0.25, -0.2) is 9.37 Å². The molecule has 3 heterocycles. The van der Waals surface area contributed by atoms with Gasteiger partial charge in [-0.15, -0.1) is 5.10 Å². The summed E-state index contributed by atoms with van der Waals surface area (Å²) >= 11 is 0. The van der Waals surface area contributed by atoms with Gasteiger partial charge in [-0.2, -0.15) is 22.7 Å². The number of benzene rings is 1. The molecule has 2 atom stereocenters. The highest BCUT2D eigenvalue weighted by Crippen LogP contribution is 2.31. The van der Waals surface area contributed by atoms with E-state index in [4.69, 9.17) is 4.74 Å². The molecular formula is C18H17F4N5O. The van der Waals surface area contributed by atoms with Crippen LogP contribution >= 0.6 is 0 Å². The second-order valence-corrected chi connectivity index (χ2v) is 6.79. The lowest BCUT2D eigenvalue weighted by atomic mass is 10.1. The lowest BCUT2D eigenvalue weighted by molar-refractivity contribution is -0.144. The van der Waals surface area contributed by atoms with E-state index in [1.54, 1.807) is 25.1 Å². The molecule has 4 rings (SSSR count). The van der Waals surface area contributed by atoms with Crippen LogP contribution in [0.4, 0.5) is 23.4 Å². The minimum absolute atomic E-state index is 0.111. The molecule has 28 heavy (non-hydrogen) atoms. The van der Waals surface area contributed by atoms with Crippen molar-refractivity contribution >= 4 is 11.6 Å². The van der Waals surface area contributed by atoms with Crippen molar-refractivity contribution < 1.29 is 22.3 Å². The summed E-state index contributed by atoms with van der Waals surface area (Å²) in [5.41, 5.74) is 1.32. The minimum Gasteiger partial charge on any atom is -0.367 e. The Kier molecular flexibility index (Phi) is 4.45. The van der Waals surface area contributed by atoms with Crippen molar-refractivity contribution in [1.82, 2.24) is 19.6 Å². The number of fused-ring (bicyclic) bond motifs is 1. The number of aryl methyl sites for hydroxylation is 1. The molecule has 2 unspecified atom stereocenters. The van der Waals surface area contributed by atoms with Gasteiger partial charge in [0.1, 0.15) is 17.7 Å². The number of hydrogen-bond acceptors (Lipinski definition) is 5. The van der Waals surface area contributed by atoms with E-state index in [-0.39, 0.29) is 23.8 Å². The fraction of sp³-hybridized carbons (Fsp3) is 0.389. The van der Waals surface area contributed by atoms with Crippen molar-refractivity contribution in [2.24, 2.45) is 0 Å². The van der Waals surface area contributed by atoms with Crippen LogP contribution in [-0.2, 0) is 10.9 Å². The number of morpholine rings is 1. The number of ether oxygens (including phenoxy) is 1. The van der Waals surface area contributed by atoms with Crippen LogP contribution in [0.1, 0.15) is 30.1 Å². The largest absolute Gasteiger partial charge is 0.453 e. The van der Waals surface area contributed by atoms with Crippen LogP contribution < -0.4 is 4.90 Å². The molecule has 0 spiro atoms. The summed E-state index contributed by atoms with van der Waals surface area (Å²) in [4.78, 5) is 9.47. The lowest BCUT2D eigenvalue weighted by Crippen LogP contribution is -2.43. The molecule has 2 aromatic heterocycles. The topological polar surface area (TPSA) is 55.6 Å². The molecule has 1 aliphatic heterocycles. The summed E-state index contributed by atoms with van der Waals surface area (Å²) in [6, 6.07) is 7.65. The smallest absolute Gasteiger partial charge is 0.367 e. The fourth-order valence-electron chi connectivity index (χ4n) is 3.31. The molecular weight excluding hydrogens is 378 g/mol. The quantitative estimate of drug-likeness (QED) is 0.621. The number of aromatic nitrogens is 4. The zero-order valence-corrected chi connectivity index (χ0v) is 15.1. The monoisotopic (exact) mass is 395 g/mol. The number of alkyl halides is 3. The zero-order chi connectivity index (χ0) is 20.1. The Hall–Kier alpha value is -2.75. The Labute approximate surface area is 157 Å². The summed E-state index contributed by atoms with van der Waals surface area (Å²) in [6.07, 6.45) is -5.22. The molecule has 0 aliphatic carbocycles. The second kappa shape index (κ2) is 6.69. The van der Waals surface area contributed by atoms with E-state index >= 15 is 0 Å². The van der Waals surface area contributed by atoms with Gasteiger partial charge in [0.2, 0.25) is 0 Å². The van der Waals surface area contributed by atoms with Crippen molar-refractivity contribution in [3.8, 4) is 0 Å². The predicted molar refractivity (Wildman–Crippen MR) is 92.4 cm³/mol. The number of hydrogen-bond donors (Lipinski definition) is 0. The zero-order valence-electron chi connectivity index (χ0n) is 15.1. The van der Waals surface area contributed by atoms with Gasteiger partial charge in [0.05, 0.1) is 6.10 Å². The van der Waals surface area contributed by atoms with E-state index < -0.39 is 12.0 Å². The first kappa shape index (κ1) is 18.6. The van der Waals surface area contributed by atoms with E-state index in [9.17, 15) is 17.6 Å². The molecule has 0 saturated carbocycles. The number of anilines is 1. The highest BCUT2D eigenvalue weighted by atomic mass is 19.4. The van der Waals surface area contributed by atoms with Crippen LogP contribution in [0.3, 0.4) is 0 Å². The second-order valence-electron chi connectivity index (χ2n) is 6.79. The van der Waals surface area contributed by atoms with Crippen LogP contribution in [0.25, 0.3) is 5.78 Å². The van der Waals surface area contributed by atoms with E-state index in [0.29, 0.717) is 24.6 Å². The molecule has 1 saturated heterocycles. The first-order valence-corrected chi connectivity index (χ1v) is 8.68. The van der Waals surface area contributed by atoms with Gasteiger partial charge in [-0.1, -0.05) is 12.1 Å². The molecule has 3 aromatic rings. The Bertz CT molecular complexity index is 1000. The van der Waals surface area contributed by atoms with Gasteiger partial charge in [0, 0.05) is 24.8 Å². The molecule has 10 heteroatoms. The Morgan fingerprint density at radius 3 is 2.50 bits per heavy atom. The molecule has 1 fully saturated rings. The number of nitrogens with zero attached hydrogens (tertiary/aromatic N) is 5. The van der Waals surface area contributed by atoms with Gasteiger partial charge in [0.25, 0.3) is 11.6 Å². The molecule has 148 valence electrons. The van der Waals surface area contributed by atoms with E-state index in [0.717, 1.165) is 10.1 Å². The van der Waals surface area contributed by atoms with Gasteiger partial charge in [-0.3, -0.25) is 0 Å². The molecule has 0 N–H and O–H groups in total.